The van der Waals surface area contributed by atoms with Crippen molar-refractivity contribution in [3.63, 3.8) is 0 Å². The van der Waals surface area contributed by atoms with E-state index in [0.29, 0.717) is 6.42 Å². The van der Waals surface area contributed by atoms with Gasteiger partial charge < -0.3 is 17.6 Å². The van der Waals surface area contributed by atoms with Gasteiger partial charge >= 0.3 is 0 Å². The van der Waals surface area contributed by atoms with Crippen LogP contribution >= 0.6 is 0 Å². The Morgan fingerprint density at radius 3 is 1.58 bits per heavy atom. The Labute approximate surface area is 70.7 Å². The molecule has 0 atom stereocenters. The number of allylic oxidation sites excluding steroid dienone is 2. The van der Waals surface area contributed by atoms with Crippen molar-refractivity contribution in [2.24, 2.45) is 11.5 Å². The van der Waals surface area contributed by atoms with Crippen molar-refractivity contribution in [1.29, 1.82) is 0 Å². The lowest BCUT2D eigenvalue weighted by atomic mass is 10.3. The normalized spacial score (nSPS) is 10.0. The number of rotatable bonds is 4. The van der Waals surface area contributed by atoms with Crippen LogP contribution in [0.3, 0.4) is 0 Å². The first-order valence-electron chi connectivity index (χ1n) is 3.05. The Balaban J connectivity index is 0. The second-order valence-corrected chi connectivity index (χ2v) is 1.85. The summed E-state index contributed by atoms with van der Waals surface area (Å²) in [4.78, 5) is 20.2. The lowest BCUT2D eigenvalue weighted by Crippen LogP contribution is -2.05. The zero-order chi connectivity index (χ0) is 8.69. The fourth-order valence-electron chi connectivity index (χ4n) is 0.447. The zero-order valence-corrected chi connectivity index (χ0v) is 6.69. The van der Waals surface area contributed by atoms with Gasteiger partial charge in [-0.25, -0.2) is 0 Å². The maximum atomic E-state index is 10.1. The molecule has 5 heteroatoms. The SMILES string of the molecule is N.NC(=O)C=CCC=CC(N)=O. The zero-order valence-electron chi connectivity index (χ0n) is 6.69. The van der Waals surface area contributed by atoms with Crippen molar-refractivity contribution < 1.29 is 9.59 Å². The number of amides is 2. The summed E-state index contributed by atoms with van der Waals surface area (Å²) in [6, 6.07) is 0. The van der Waals surface area contributed by atoms with Crippen LogP contribution in [-0.4, -0.2) is 11.8 Å². The molecule has 0 aliphatic carbocycles. The molecule has 0 unspecified atom stereocenters. The van der Waals surface area contributed by atoms with E-state index in [0.717, 1.165) is 0 Å². The first-order chi connectivity index (χ1) is 5.13. The predicted octanol–water partition coefficient (Wildman–Crippen LogP) is -0.379. The molecular formula is C7H13N3O2. The Morgan fingerprint density at radius 2 is 1.33 bits per heavy atom. The van der Waals surface area contributed by atoms with E-state index in [4.69, 9.17) is 11.5 Å². The third-order valence-electron chi connectivity index (χ3n) is 0.836. The standard InChI is InChI=1S/C7H10N2O2.H3N/c8-6(10)4-2-1-3-5-7(9)11;/h2-5H,1H2,(H2,8,10)(H2,9,11);1H3. The molecule has 0 rings (SSSR count). The van der Waals surface area contributed by atoms with Crippen LogP contribution in [0.4, 0.5) is 0 Å². The maximum absolute atomic E-state index is 10.1. The van der Waals surface area contributed by atoms with Gasteiger partial charge in [0.25, 0.3) is 0 Å². The van der Waals surface area contributed by atoms with Gasteiger partial charge in [0.1, 0.15) is 0 Å². The van der Waals surface area contributed by atoms with Gasteiger partial charge in [-0.2, -0.15) is 0 Å². The number of carbonyl (C=O) groups excluding carboxylic acids is 2. The molecule has 0 radical (unpaired) electrons. The van der Waals surface area contributed by atoms with Crippen LogP contribution in [0.25, 0.3) is 0 Å². The molecule has 0 aromatic carbocycles. The summed E-state index contributed by atoms with van der Waals surface area (Å²) in [5.74, 6) is -1.00. The van der Waals surface area contributed by atoms with Crippen LogP contribution in [0, 0.1) is 0 Å². The lowest BCUT2D eigenvalue weighted by Gasteiger charge is -1.80. The van der Waals surface area contributed by atoms with Crippen molar-refractivity contribution in [3.8, 4) is 0 Å². The molecule has 5 nitrogen and oxygen atoms in total. The van der Waals surface area contributed by atoms with E-state index in [1.807, 2.05) is 0 Å². The van der Waals surface area contributed by atoms with Gasteiger partial charge in [-0.15, -0.1) is 0 Å². The summed E-state index contributed by atoms with van der Waals surface area (Å²) in [6.45, 7) is 0. The second-order valence-electron chi connectivity index (χ2n) is 1.85. The van der Waals surface area contributed by atoms with Crippen molar-refractivity contribution in [2.75, 3.05) is 0 Å². The molecule has 0 bridgehead atoms. The van der Waals surface area contributed by atoms with E-state index in [9.17, 15) is 9.59 Å². The number of hydrogen-bond donors (Lipinski definition) is 3. The third-order valence-corrected chi connectivity index (χ3v) is 0.836. The van der Waals surface area contributed by atoms with E-state index in [1.54, 1.807) is 12.2 Å². The minimum absolute atomic E-state index is 0. The highest BCUT2D eigenvalue weighted by Gasteiger charge is 1.81. The second kappa shape index (κ2) is 7.49. The topological polar surface area (TPSA) is 121 Å². The number of nitrogens with two attached hydrogens (primary N) is 2. The van der Waals surface area contributed by atoms with Crippen molar-refractivity contribution in [3.05, 3.63) is 24.3 Å². The van der Waals surface area contributed by atoms with E-state index < -0.39 is 11.8 Å². The molecule has 0 aliphatic rings. The van der Waals surface area contributed by atoms with Gasteiger partial charge in [0, 0.05) is 0 Å². The van der Waals surface area contributed by atoms with E-state index in [2.05, 4.69) is 0 Å². The maximum Gasteiger partial charge on any atom is 0.241 e. The first-order valence-corrected chi connectivity index (χ1v) is 3.05. The summed E-state index contributed by atoms with van der Waals surface area (Å²) >= 11 is 0. The Bertz CT molecular complexity index is 187. The predicted molar refractivity (Wildman–Crippen MR) is 46.3 cm³/mol. The molecular weight excluding hydrogens is 158 g/mol. The monoisotopic (exact) mass is 171 g/mol. The van der Waals surface area contributed by atoms with Crippen molar-refractivity contribution in [1.82, 2.24) is 6.15 Å². The minimum atomic E-state index is -0.502. The fourth-order valence-corrected chi connectivity index (χ4v) is 0.447. The first kappa shape index (κ1) is 13.0. The summed E-state index contributed by atoms with van der Waals surface area (Å²) in [5, 5.41) is 0. The quantitative estimate of drug-likeness (QED) is 0.500. The number of primary amides is 2. The lowest BCUT2D eigenvalue weighted by molar-refractivity contribution is -0.114. The van der Waals surface area contributed by atoms with Gasteiger partial charge in [-0.05, 0) is 18.6 Å². The molecule has 0 spiro atoms. The Morgan fingerprint density at radius 1 is 1.00 bits per heavy atom. The molecule has 0 aromatic rings. The van der Waals surface area contributed by atoms with Crippen LogP contribution in [0.2, 0.25) is 0 Å². The molecule has 2 amide bonds. The molecule has 0 aromatic heterocycles. The Kier molecular flexibility index (Phi) is 8.11. The third kappa shape index (κ3) is 11.2. The van der Waals surface area contributed by atoms with Crippen molar-refractivity contribution in [2.45, 2.75) is 6.42 Å². The highest BCUT2D eigenvalue weighted by Crippen LogP contribution is 1.84. The average Bonchev–Trinajstić information content (AvgIpc) is 1.85. The van der Waals surface area contributed by atoms with Gasteiger partial charge in [0.2, 0.25) is 11.8 Å². The van der Waals surface area contributed by atoms with Crippen LogP contribution in [0.1, 0.15) is 6.42 Å². The Hall–Kier alpha value is -1.62. The molecule has 7 N–H and O–H groups in total. The molecule has 0 fully saturated rings. The van der Waals surface area contributed by atoms with Crippen LogP contribution in [-0.2, 0) is 9.59 Å². The summed E-state index contributed by atoms with van der Waals surface area (Å²) in [5.41, 5.74) is 9.59. The molecule has 0 saturated heterocycles. The van der Waals surface area contributed by atoms with Crippen LogP contribution < -0.4 is 17.6 Å². The van der Waals surface area contributed by atoms with E-state index >= 15 is 0 Å². The molecule has 0 saturated carbocycles. The fraction of sp³-hybridized carbons (Fsp3) is 0.143. The average molecular weight is 171 g/mol. The van der Waals surface area contributed by atoms with Crippen LogP contribution in [0.15, 0.2) is 24.3 Å². The molecule has 12 heavy (non-hydrogen) atoms. The molecule has 68 valence electrons. The van der Waals surface area contributed by atoms with Crippen molar-refractivity contribution >= 4 is 11.8 Å². The smallest absolute Gasteiger partial charge is 0.241 e. The van der Waals surface area contributed by atoms with Gasteiger partial charge in [0.05, 0.1) is 0 Å². The van der Waals surface area contributed by atoms with Gasteiger partial charge in [-0.1, -0.05) is 12.2 Å². The minimum Gasteiger partial charge on any atom is -0.366 e. The highest BCUT2D eigenvalue weighted by molar-refractivity contribution is 5.86. The van der Waals surface area contributed by atoms with E-state index in [-0.39, 0.29) is 6.15 Å². The number of carbonyl (C=O) groups is 2. The van der Waals surface area contributed by atoms with Gasteiger partial charge in [-0.3, -0.25) is 9.59 Å². The van der Waals surface area contributed by atoms with Crippen LogP contribution in [0.5, 0.6) is 0 Å². The summed E-state index contributed by atoms with van der Waals surface area (Å²) in [7, 11) is 0. The summed E-state index contributed by atoms with van der Waals surface area (Å²) < 4.78 is 0. The molecule has 0 heterocycles. The highest BCUT2D eigenvalue weighted by atomic mass is 16.1. The number of hydrogen-bond acceptors (Lipinski definition) is 3. The largest absolute Gasteiger partial charge is 0.366 e. The molecule has 0 aliphatic heterocycles. The van der Waals surface area contributed by atoms with E-state index in [1.165, 1.54) is 12.2 Å². The van der Waals surface area contributed by atoms with Gasteiger partial charge in [0.15, 0.2) is 0 Å². The summed E-state index contributed by atoms with van der Waals surface area (Å²) in [6.07, 6.45) is 6.02.